The molecule has 2 aliphatic carbocycles. The highest BCUT2D eigenvalue weighted by atomic mass is 16.3. The van der Waals surface area contributed by atoms with Gasteiger partial charge in [-0.3, -0.25) is 0 Å². The summed E-state index contributed by atoms with van der Waals surface area (Å²) in [6.07, 6.45) is 5.27. The van der Waals surface area contributed by atoms with Gasteiger partial charge in [-0.2, -0.15) is 0 Å². The van der Waals surface area contributed by atoms with Gasteiger partial charge in [0.1, 0.15) is 0 Å². The Kier molecular flexibility index (Phi) is 2.58. The molecule has 0 aromatic carbocycles. The Hall–Kier alpha value is -0.120. The Morgan fingerprint density at radius 3 is 2.54 bits per heavy atom. The fourth-order valence-electron chi connectivity index (χ4n) is 2.09. The fraction of sp³-hybridized carbons (Fsp3) is 1.00. The number of hydrogen-bond donors (Lipinski definition) is 3. The van der Waals surface area contributed by atoms with Gasteiger partial charge in [0.2, 0.25) is 0 Å². The second kappa shape index (κ2) is 3.56. The molecule has 2 aliphatic rings. The topological polar surface area (TPSA) is 52.5 Å². The summed E-state index contributed by atoms with van der Waals surface area (Å²) in [7, 11) is 0. The lowest BCUT2D eigenvalue weighted by atomic mass is 10.1. The SMILES string of the molecule is OCC1(CN[C@@H]2CCC[C@H]2O)CC1. The largest absolute Gasteiger partial charge is 0.396 e. The van der Waals surface area contributed by atoms with E-state index in [1.165, 1.54) is 0 Å². The average Bonchev–Trinajstić information content (AvgIpc) is 2.82. The van der Waals surface area contributed by atoms with Crippen LogP contribution >= 0.6 is 0 Å². The van der Waals surface area contributed by atoms with Crippen molar-refractivity contribution < 1.29 is 10.2 Å². The molecule has 2 saturated carbocycles. The smallest absolute Gasteiger partial charge is 0.0693 e. The van der Waals surface area contributed by atoms with Gasteiger partial charge in [-0.05, 0) is 32.1 Å². The lowest BCUT2D eigenvalue weighted by molar-refractivity contribution is 0.138. The molecule has 0 bridgehead atoms. The van der Waals surface area contributed by atoms with Crippen molar-refractivity contribution in [1.29, 1.82) is 0 Å². The van der Waals surface area contributed by atoms with Crippen LogP contribution in [0.2, 0.25) is 0 Å². The summed E-state index contributed by atoms with van der Waals surface area (Å²) >= 11 is 0. The van der Waals surface area contributed by atoms with Gasteiger partial charge < -0.3 is 15.5 Å². The Morgan fingerprint density at radius 1 is 1.31 bits per heavy atom. The first-order valence-electron chi connectivity index (χ1n) is 5.28. The lowest BCUT2D eigenvalue weighted by Gasteiger charge is -2.20. The summed E-state index contributed by atoms with van der Waals surface area (Å²) in [5.41, 5.74) is 0.169. The van der Waals surface area contributed by atoms with E-state index in [4.69, 9.17) is 5.11 Å². The molecule has 13 heavy (non-hydrogen) atoms. The highest BCUT2D eigenvalue weighted by Gasteiger charge is 2.42. The predicted molar refractivity (Wildman–Crippen MR) is 50.4 cm³/mol. The Balaban J connectivity index is 1.73. The van der Waals surface area contributed by atoms with Crippen LogP contribution in [0.1, 0.15) is 32.1 Å². The first-order valence-corrected chi connectivity index (χ1v) is 5.28. The van der Waals surface area contributed by atoms with Gasteiger partial charge >= 0.3 is 0 Å². The number of nitrogens with one attached hydrogen (secondary N) is 1. The molecule has 0 heterocycles. The van der Waals surface area contributed by atoms with E-state index >= 15 is 0 Å². The number of hydrogen-bond acceptors (Lipinski definition) is 3. The highest BCUT2D eigenvalue weighted by Crippen LogP contribution is 2.44. The third-order valence-corrected chi connectivity index (χ3v) is 3.51. The van der Waals surface area contributed by atoms with Gasteiger partial charge in [-0.1, -0.05) is 0 Å². The van der Waals surface area contributed by atoms with Crippen LogP contribution in [0, 0.1) is 5.41 Å². The maximum absolute atomic E-state index is 9.55. The van der Waals surface area contributed by atoms with Gasteiger partial charge in [-0.15, -0.1) is 0 Å². The van der Waals surface area contributed by atoms with Crippen molar-refractivity contribution in [3.8, 4) is 0 Å². The molecular weight excluding hydrogens is 166 g/mol. The maximum Gasteiger partial charge on any atom is 0.0693 e. The van der Waals surface area contributed by atoms with Crippen molar-refractivity contribution in [3.05, 3.63) is 0 Å². The van der Waals surface area contributed by atoms with Crippen molar-refractivity contribution in [2.45, 2.75) is 44.2 Å². The first kappa shape index (κ1) is 9.44. The van der Waals surface area contributed by atoms with Crippen molar-refractivity contribution in [2.24, 2.45) is 5.41 Å². The van der Waals surface area contributed by atoms with Crippen LogP contribution in [-0.2, 0) is 0 Å². The van der Waals surface area contributed by atoms with Gasteiger partial charge in [0, 0.05) is 24.6 Å². The van der Waals surface area contributed by atoms with Crippen LogP contribution < -0.4 is 5.32 Å². The van der Waals surface area contributed by atoms with Crippen molar-refractivity contribution in [3.63, 3.8) is 0 Å². The number of aliphatic hydroxyl groups excluding tert-OH is 2. The average molecular weight is 185 g/mol. The molecule has 0 spiro atoms. The molecule has 0 aromatic rings. The van der Waals surface area contributed by atoms with E-state index in [2.05, 4.69) is 5.32 Å². The Bertz CT molecular complexity index is 180. The molecular formula is C10H19NO2. The zero-order valence-corrected chi connectivity index (χ0v) is 8.00. The standard InChI is InChI=1S/C10H19NO2/c12-7-10(4-5-10)6-11-8-2-1-3-9(8)13/h8-9,11-13H,1-7H2/t8-,9-/m1/s1. The molecule has 3 heteroatoms. The normalized spacial score (nSPS) is 36.5. The molecule has 0 saturated heterocycles. The van der Waals surface area contributed by atoms with Gasteiger partial charge in [-0.25, -0.2) is 0 Å². The minimum atomic E-state index is -0.158. The minimum Gasteiger partial charge on any atom is -0.396 e. The van der Waals surface area contributed by atoms with E-state index in [0.29, 0.717) is 6.61 Å². The van der Waals surface area contributed by atoms with Gasteiger partial charge in [0.05, 0.1) is 6.10 Å². The molecule has 0 unspecified atom stereocenters. The highest BCUT2D eigenvalue weighted by molar-refractivity contribution is 4.96. The zero-order chi connectivity index (χ0) is 9.31. The molecule has 2 rings (SSSR count). The quantitative estimate of drug-likeness (QED) is 0.589. The summed E-state index contributed by atoms with van der Waals surface area (Å²) < 4.78 is 0. The van der Waals surface area contributed by atoms with Gasteiger partial charge in [0.25, 0.3) is 0 Å². The van der Waals surface area contributed by atoms with Crippen LogP contribution in [0.3, 0.4) is 0 Å². The summed E-state index contributed by atoms with van der Waals surface area (Å²) in [4.78, 5) is 0. The second-order valence-electron chi connectivity index (χ2n) is 4.64. The number of aliphatic hydroxyl groups is 2. The van der Waals surface area contributed by atoms with Crippen LogP contribution in [0.15, 0.2) is 0 Å². The van der Waals surface area contributed by atoms with Crippen molar-refractivity contribution >= 4 is 0 Å². The van der Waals surface area contributed by atoms with Crippen LogP contribution in [-0.4, -0.2) is 35.5 Å². The molecule has 3 nitrogen and oxygen atoms in total. The van der Waals surface area contributed by atoms with Crippen LogP contribution in [0.25, 0.3) is 0 Å². The van der Waals surface area contributed by atoms with E-state index in [-0.39, 0.29) is 17.6 Å². The molecule has 2 fully saturated rings. The lowest BCUT2D eigenvalue weighted by Crippen LogP contribution is -2.39. The van der Waals surface area contributed by atoms with E-state index in [0.717, 1.165) is 38.6 Å². The fourth-order valence-corrected chi connectivity index (χ4v) is 2.09. The van der Waals surface area contributed by atoms with Gasteiger partial charge in [0.15, 0.2) is 0 Å². The predicted octanol–water partition coefficient (Wildman–Crippen LogP) is 0.262. The summed E-state index contributed by atoms with van der Waals surface area (Å²) in [6, 6.07) is 0.282. The summed E-state index contributed by atoms with van der Waals surface area (Å²) in [5.74, 6) is 0. The Morgan fingerprint density at radius 2 is 2.08 bits per heavy atom. The maximum atomic E-state index is 9.55. The molecule has 0 aliphatic heterocycles. The zero-order valence-electron chi connectivity index (χ0n) is 8.00. The molecule has 0 amide bonds. The van der Waals surface area contributed by atoms with E-state index < -0.39 is 0 Å². The van der Waals surface area contributed by atoms with Crippen LogP contribution in [0.4, 0.5) is 0 Å². The minimum absolute atomic E-state index is 0.158. The third-order valence-electron chi connectivity index (χ3n) is 3.51. The molecule has 0 aromatic heterocycles. The van der Waals surface area contributed by atoms with E-state index in [1.54, 1.807) is 0 Å². The van der Waals surface area contributed by atoms with Crippen LogP contribution in [0.5, 0.6) is 0 Å². The van der Waals surface area contributed by atoms with Crippen molar-refractivity contribution in [2.75, 3.05) is 13.2 Å². The molecule has 76 valence electrons. The molecule has 0 radical (unpaired) electrons. The first-order chi connectivity index (χ1) is 6.26. The second-order valence-corrected chi connectivity index (χ2v) is 4.64. The summed E-state index contributed by atoms with van der Waals surface area (Å²) in [5, 5.41) is 22.0. The molecule has 3 N–H and O–H groups in total. The Labute approximate surface area is 79.2 Å². The van der Waals surface area contributed by atoms with E-state index in [1.807, 2.05) is 0 Å². The number of rotatable bonds is 4. The van der Waals surface area contributed by atoms with E-state index in [9.17, 15) is 5.11 Å². The monoisotopic (exact) mass is 185 g/mol. The third kappa shape index (κ3) is 2.03. The van der Waals surface area contributed by atoms with Crippen molar-refractivity contribution in [1.82, 2.24) is 5.32 Å². The molecule has 2 atom stereocenters. The summed E-state index contributed by atoms with van der Waals surface area (Å²) in [6.45, 7) is 1.17.